The van der Waals surface area contributed by atoms with Gasteiger partial charge < -0.3 is 19.9 Å². The summed E-state index contributed by atoms with van der Waals surface area (Å²) < 4.78 is 15.9. The van der Waals surface area contributed by atoms with E-state index in [1.54, 1.807) is 38.1 Å². The van der Waals surface area contributed by atoms with Crippen molar-refractivity contribution in [1.29, 1.82) is 0 Å². The summed E-state index contributed by atoms with van der Waals surface area (Å²) >= 11 is 0. The number of hydrogen-bond donors (Lipinski definition) is 1. The summed E-state index contributed by atoms with van der Waals surface area (Å²) in [5.74, 6) is -3.29. The van der Waals surface area contributed by atoms with Crippen LogP contribution in [-0.4, -0.2) is 30.3 Å². The predicted molar refractivity (Wildman–Crippen MR) is 107 cm³/mol. The molecule has 29 heavy (non-hydrogen) atoms. The SMILES string of the molecule is CCCCCCOC(=O)c1ccc(C(N)=C2C(=O)OC(CC)(CC)OC2=O)cc1. The lowest BCUT2D eigenvalue weighted by atomic mass is 10.0. The van der Waals surface area contributed by atoms with E-state index in [1.165, 1.54) is 0 Å². The summed E-state index contributed by atoms with van der Waals surface area (Å²) in [7, 11) is 0. The Morgan fingerprint density at radius 2 is 1.48 bits per heavy atom. The fourth-order valence-corrected chi connectivity index (χ4v) is 3.01. The lowest BCUT2D eigenvalue weighted by Gasteiger charge is -2.35. The molecule has 1 aliphatic heterocycles. The number of benzene rings is 1. The molecule has 0 aromatic heterocycles. The van der Waals surface area contributed by atoms with Gasteiger partial charge in [0.15, 0.2) is 5.57 Å². The van der Waals surface area contributed by atoms with E-state index in [0.717, 1.165) is 25.7 Å². The quantitative estimate of drug-likeness (QED) is 0.290. The van der Waals surface area contributed by atoms with E-state index >= 15 is 0 Å². The number of hydrogen-bond acceptors (Lipinski definition) is 7. The van der Waals surface area contributed by atoms with Gasteiger partial charge in [-0.1, -0.05) is 52.2 Å². The first kappa shape index (κ1) is 22.5. The van der Waals surface area contributed by atoms with E-state index in [4.69, 9.17) is 19.9 Å². The molecule has 2 rings (SSSR count). The van der Waals surface area contributed by atoms with Crippen LogP contribution >= 0.6 is 0 Å². The zero-order chi connectivity index (χ0) is 21.4. The zero-order valence-electron chi connectivity index (χ0n) is 17.3. The molecule has 1 saturated heterocycles. The molecule has 0 radical (unpaired) electrons. The molecule has 0 amide bonds. The molecule has 0 aliphatic carbocycles. The van der Waals surface area contributed by atoms with Crippen LogP contribution in [0.2, 0.25) is 0 Å². The molecule has 0 saturated carbocycles. The summed E-state index contributed by atoms with van der Waals surface area (Å²) in [4.78, 5) is 36.9. The summed E-state index contributed by atoms with van der Waals surface area (Å²) in [6, 6.07) is 6.19. The van der Waals surface area contributed by atoms with Crippen molar-refractivity contribution in [3.05, 3.63) is 41.0 Å². The van der Waals surface area contributed by atoms with Crippen LogP contribution in [0.25, 0.3) is 5.70 Å². The normalized spacial score (nSPS) is 15.5. The molecule has 158 valence electrons. The Hall–Kier alpha value is -2.83. The first-order valence-corrected chi connectivity index (χ1v) is 10.1. The number of carbonyl (C=O) groups excluding carboxylic acids is 3. The van der Waals surface area contributed by atoms with Gasteiger partial charge in [-0.3, -0.25) is 0 Å². The standard InChI is InChI=1S/C22H29NO6/c1-4-7-8-9-14-27-19(24)16-12-10-15(11-13-16)18(23)17-20(25)28-22(5-2,6-3)29-21(17)26/h10-13H,4-9,14,23H2,1-3H3. The smallest absolute Gasteiger partial charge is 0.351 e. The lowest BCUT2D eigenvalue weighted by Crippen LogP contribution is -2.46. The van der Waals surface area contributed by atoms with Crippen molar-refractivity contribution < 1.29 is 28.6 Å². The first-order valence-electron chi connectivity index (χ1n) is 10.1. The van der Waals surface area contributed by atoms with Crippen LogP contribution in [-0.2, 0) is 23.8 Å². The Bertz CT molecular complexity index is 755. The van der Waals surface area contributed by atoms with Gasteiger partial charge in [-0.2, -0.15) is 0 Å². The van der Waals surface area contributed by atoms with E-state index in [-0.39, 0.29) is 11.3 Å². The van der Waals surface area contributed by atoms with Crippen LogP contribution < -0.4 is 5.73 Å². The van der Waals surface area contributed by atoms with Gasteiger partial charge in [-0.15, -0.1) is 0 Å². The van der Waals surface area contributed by atoms with E-state index in [0.29, 0.717) is 30.6 Å². The van der Waals surface area contributed by atoms with E-state index < -0.39 is 23.7 Å². The molecule has 1 aromatic rings. The second-order valence-corrected chi connectivity index (χ2v) is 6.96. The third-order valence-electron chi connectivity index (χ3n) is 4.97. The summed E-state index contributed by atoms with van der Waals surface area (Å²) in [6.45, 7) is 6.03. The molecule has 1 fully saturated rings. The molecular formula is C22H29NO6. The molecule has 2 N–H and O–H groups in total. The van der Waals surface area contributed by atoms with Crippen LogP contribution in [0.15, 0.2) is 29.8 Å². The summed E-state index contributed by atoms with van der Waals surface area (Å²) in [6.07, 6.45) is 4.79. The first-order chi connectivity index (χ1) is 13.9. The fraction of sp³-hybridized carbons (Fsp3) is 0.500. The van der Waals surface area contributed by atoms with Gasteiger partial charge in [0, 0.05) is 12.8 Å². The van der Waals surface area contributed by atoms with Crippen molar-refractivity contribution in [1.82, 2.24) is 0 Å². The summed E-state index contributed by atoms with van der Waals surface area (Å²) in [5, 5.41) is 0. The maximum absolute atomic E-state index is 12.4. The molecule has 0 bridgehead atoms. The maximum atomic E-state index is 12.4. The van der Waals surface area contributed by atoms with Crippen molar-refractivity contribution in [3.63, 3.8) is 0 Å². The average molecular weight is 403 g/mol. The Morgan fingerprint density at radius 3 is 2.00 bits per heavy atom. The topological polar surface area (TPSA) is 105 Å². The molecule has 1 aromatic carbocycles. The van der Waals surface area contributed by atoms with Gasteiger partial charge in [0.1, 0.15) is 0 Å². The van der Waals surface area contributed by atoms with Crippen LogP contribution in [0.4, 0.5) is 0 Å². The second-order valence-electron chi connectivity index (χ2n) is 6.96. The molecule has 0 atom stereocenters. The Morgan fingerprint density at radius 1 is 0.931 bits per heavy atom. The highest BCUT2D eigenvalue weighted by molar-refractivity contribution is 6.20. The lowest BCUT2D eigenvalue weighted by molar-refractivity contribution is -0.237. The van der Waals surface area contributed by atoms with Crippen molar-refractivity contribution in [2.75, 3.05) is 6.61 Å². The minimum absolute atomic E-state index is 0.0553. The fourth-order valence-electron chi connectivity index (χ4n) is 3.01. The van der Waals surface area contributed by atoms with Gasteiger partial charge >= 0.3 is 17.9 Å². The molecule has 0 spiro atoms. The number of unbranched alkanes of at least 4 members (excludes halogenated alkanes) is 3. The zero-order valence-corrected chi connectivity index (χ0v) is 17.3. The predicted octanol–water partition coefficient (Wildman–Crippen LogP) is 3.71. The van der Waals surface area contributed by atoms with Gasteiger partial charge in [0.05, 0.1) is 17.9 Å². The van der Waals surface area contributed by atoms with E-state index in [2.05, 4.69) is 6.92 Å². The van der Waals surface area contributed by atoms with E-state index in [9.17, 15) is 14.4 Å². The molecule has 1 aliphatic rings. The molecule has 7 nitrogen and oxygen atoms in total. The highest BCUT2D eigenvalue weighted by Crippen LogP contribution is 2.31. The number of carbonyl (C=O) groups is 3. The Kier molecular flexibility index (Phi) is 7.82. The average Bonchev–Trinajstić information content (AvgIpc) is 2.72. The number of nitrogens with two attached hydrogens (primary N) is 1. The van der Waals surface area contributed by atoms with Crippen molar-refractivity contribution in [3.8, 4) is 0 Å². The largest absolute Gasteiger partial charge is 0.462 e. The minimum atomic E-state index is -1.25. The Balaban J connectivity index is 2.10. The number of esters is 3. The van der Waals surface area contributed by atoms with Crippen LogP contribution in [0.3, 0.4) is 0 Å². The van der Waals surface area contributed by atoms with Crippen molar-refractivity contribution in [2.45, 2.75) is 65.1 Å². The number of ether oxygens (including phenoxy) is 3. The van der Waals surface area contributed by atoms with Crippen LogP contribution in [0.1, 0.15) is 75.2 Å². The third kappa shape index (κ3) is 5.37. The van der Waals surface area contributed by atoms with E-state index in [1.807, 2.05) is 0 Å². The van der Waals surface area contributed by atoms with Gasteiger partial charge in [-0.05, 0) is 24.1 Å². The van der Waals surface area contributed by atoms with Gasteiger partial charge in [-0.25, -0.2) is 14.4 Å². The van der Waals surface area contributed by atoms with Gasteiger partial charge in [0.25, 0.3) is 5.79 Å². The maximum Gasteiger partial charge on any atom is 0.351 e. The monoisotopic (exact) mass is 403 g/mol. The highest BCUT2D eigenvalue weighted by atomic mass is 16.7. The summed E-state index contributed by atoms with van der Waals surface area (Å²) in [5.41, 5.74) is 6.42. The number of cyclic esters (lactones) is 2. The molecule has 0 unspecified atom stereocenters. The molecule has 7 heteroatoms. The molecule has 1 heterocycles. The van der Waals surface area contributed by atoms with Crippen molar-refractivity contribution in [2.24, 2.45) is 5.73 Å². The van der Waals surface area contributed by atoms with Crippen molar-refractivity contribution >= 4 is 23.6 Å². The Labute approximate surface area is 171 Å². The third-order valence-corrected chi connectivity index (χ3v) is 4.97. The van der Waals surface area contributed by atoms with Gasteiger partial charge in [0.2, 0.25) is 0 Å². The molecular weight excluding hydrogens is 374 g/mol. The van der Waals surface area contributed by atoms with Crippen LogP contribution in [0.5, 0.6) is 0 Å². The van der Waals surface area contributed by atoms with Crippen LogP contribution in [0, 0.1) is 0 Å². The second kappa shape index (κ2) is 10.1. The highest BCUT2D eigenvalue weighted by Gasteiger charge is 2.44. The number of rotatable bonds is 9. The minimum Gasteiger partial charge on any atom is -0.462 e.